The van der Waals surface area contributed by atoms with Crippen LogP contribution in [0.2, 0.25) is 0 Å². The number of rotatable bonds is 10. The summed E-state index contributed by atoms with van der Waals surface area (Å²) in [6.07, 6.45) is 1.51. The van der Waals surface area contributed by atoms with Crippen molar-refractivity contribution >= 4 is 24.7 Å². The van der Waals surface area contributed by atoms with E-state index in [-0.39, 0.29) is 10.3 Å². The SMILES string of the molecule is CCN(CC)P(=O)(C(Cl)=CNc1c(C)n(C)n(-c2ccccc2)c1=O)N(CC)CC. The van der Waals surface area contributed by atoms with Gasteiger partial charge in [0, 0.05) is 39.4 Å². The molecule has 0 unspecified atom stereocenters. The van der Waals surface area contributed by atoms with E-state index in [2.05, 4.69) is 5.32 Å². The van der Waals surface area contributed by atoms with Crippen LogP contribution in [0.15, 0.2) is 46.1 Å². The summed E-state index contributed by atoms with van der Waals surface area (Å²) < 4.78 is 21.4. The van der Waals surface area contributed by atoms with Gasteiger partial charge in [0.2, 0.25) is 0 Å². The van der Waals surface area contributed by atoms with Crippen molar-refractivity contribution in [1.29, 1.82) is 0 Å². The van der Waals surface area contributed by atoms with Gasteiger partial charge in [-0.05, 0) is 19.1 Å². The molecule has 0 radical (unpaired) electrons. The fourth-order valence-corrected chi connectivity index (χ4v) is 6.97. The number of benzene rings is 1. The maximum absolute atomic E-state index is 14.0. The Morgan fingerprint density at radius 1 is 1.07 bits per heavy atom. The second-order valence-corrected chi connectivity index (χ2v) is 10.2. The molecule has 0 spiro atoms. The van der Waals surface area contributed by atoms with E-state index in [1.165, 1.54) is 6.20 Å². The molecular weight excluding hydrogens is 421 g/mol. The van der Waals surface area contributed by atoms with Gasteiger partial charge in [0.1, 0.15) is 10.5 Å². The van der Waals surface area contributed by atoms with Crippen molar-refractivity contribution < 1.29 is 4.57 Å². The van der Waals surface area contributed by atoms with Crippen LogP contribution < -0.4 is 10.9 Å². The van der Waals surface area contributed by atoms with E-state index in [0.29, 0.717) is 31.9 Å². The van der Waals surface area contributed by atoms with E-state index < -0.39 is 7.44 Å². The van der Waals surface area contributed by atoms with Crippen molar-refractivity contribution in [2.45, 2.75) is 34.6 Å². The number of hydrogen-bond acceptors (Lipinski definition) is 3. The standard InChI is InChI=1S/C21H33ClN5O2P/c1-7-25(8-2)30(29,26(9-3)10-4)19(22)16-23-20-17(5)24(6)27(21(20)28)18-14-12-11-13-15-18/h11-16,23H,7-10H2,1-6H3. The molecule has 1 aromatic carbocycles. The minimum atomic E-state index is -3.15. The van der Waals surface area contributed by atoms with Crippen molar-refractivity contribution in [2.24, 2.45) is 7.05 Å². The van der Waals surface area contributed by atoms with Crippen LogP contribution in [0, 0.1) is 6.92 Å². The maximum atomic E-state index is 14.0. The Hall–Kier alpha value is -1.79. The molecule has 1 aromatic heterocycles. The average Bonchev–Trinajstić information content (AvgIpc) is 2.96. The molecule has 0 aliphatic carbocycles. The van der Waals surface area contributed by atoms with Crippen LogP contribution in [0.1, 0.15) is 33.4 Å². The molecule has 30 heavy (non-hydrogen) atoms. The van der Waals surface area contributed by atoms with Crippen LogP contribution in [-0.4, -0.2) is 44.9 Å². The van der Waals surface area contributed by atoms with Crippen LogP contribution in [0.3, 0.4) is 0 Å². The van der Waals surface area contributed by atoms with Gasteiger partial charge in [0.05, 0.1) is 11.4 Å². The Morgan fingerprint density at radius 2 is 1.57 bits per heavy atom. The maximum Gasteiger partial charge on any atom is 0.295 e. The first kappa shape index (κ1) is 24.5. The normalized spacial score (nSPS) is 12.8. The molecule has 166 valence electrons. The van der Waals surface area contributed by atoms with Gasteiger partial charge in [-0.25, -0.2) is 14.0 Å². The molecule has 0 amide bonds. The number of halogens is 1. The molecule has 0 aliphatic heterocycles. The topological polar surface area (TPSA) is 62.5 Å². The number of para-hydroxylation sites is 1. The molecule has 0 aliphatic rings. The number of nitrogens with zero attached hydrogens (tertiary/aromatic N) is 4. The Labute approximate surface area is 184 Å². The Bertz CT molecular complexity index is 959. The van der Waals surface area contributed by atoms with Gasteiger partial charge < -0.3 is 5.32 Å². The Kier molecular flexibility index (Phi) is 8.56. The lowest BCUT2D eigenvalue weighted by molar-refractivity contribution is 0.367. The molecule has 2 aromatic rings. The summed E-state index contributed by atoms with van der Waals surface area (Å²) in [5.74, 6) is 0. The fourth-order valence-electron chi connectivity index (χ4n) is 3.61. The van der Waals surface area contributed by atoms with Gasteiger partial charge in [-0.1, -0.05) is 57.5 Å². The quantitative estimate of drug-likeness (QED) is 0.523. The first-order valence-corrected chi connectivity index (χ1v) is 12.3. The fraction of sp³-hybridized carbons (Fsp3) is 0.476. The number of anilines is 1. The van der Waals surface area contributed by atoms with E-state index >= 15 is 0 Å². The number of aromatic nitrogens is 2. The molecule has 0 saturated carbocycles. The summed E-state index contributed by atoms with van der Waals surface area (Å²) in [7, 11) is -1.32. The Balaban J connectivity index is 2.49. The van der Waals surface area contributed by atoms with Gasteiger partial charge in [-0.2, -0.15) is 0 Å². The summed E-state index contributed by atoms with van der Waals surface area (Å²) >= 11 is 6.65. The van der Waals surface area contributed by atoms with Crippen LogP contribution in [-0.2, 0) is 11.6 Å². The summed E-state index contributed by atoms with van der Waals surface area (Å²) in [6.45, 7) is 12.2. The summed E-state index contributed by atoms with van der Waals surface area (Å²) in [5.41, 5.74) is 1.74. The predicted octanol–water partition coefficient (Wildman–Crippen LogP) is 4.81. The molecule has 0 saturated heterocycles. The molecular formula is C21H33ClN5O2P. The highest BCUT2D eigenvalue weighted by Gasteiger charge is 2.37. The van der Waals surface area contributed by atoms with Crippen molar-refractivity contribution in [3.05, 3.63) is 57.4 Å². The molecule has 2 rings (SSSR count). The van der Waals surface area contributed by atoms with Crippen LogP contribution in [0.4, 0.5) is 5.69 Å². The third-order valence-corrected chi connectivity index (χ3v) is 9.52. The van der Waals surface area contributed by atoms with Crippen molar-refractivity contribution in [3.8, 4) is 5.69 Å². The van der Waals surface area contributed by atoms with E-state index in [4.69, 9.17) is 11.6 Å². The summed E-state index contributed by atoms with van der Waals surface area (Å²) in [4.78, 5) is 13.1. The van der Waals surface area contributed by atoms with Gasteiger partial charge in [-0.3, -0.25) is 14.0 Å². The summed E-state index contributed by atoms with van der Waals surface area (Å²) in [6, 6.07) is 9.44. The van der Waals surface area contributed by atoms with Crippen LogP contribution >= 0.6 is 19.0 Å². The molecule has 0 bridgehead atoms. The molecule has 9 heteroatoms. The van der Waals surface area contributed by atoms with Gasteiger partial charge in [-0.15, -0.1) is 0 Å². The highest BCUT2D eigenvalue weighted by Crippen LogP contribution is 2.61. The van der Waals surface area contributed by atoms with Crippen molar-refractivity contribution in [3.63, 3.8) is 0 Å². The lowest BCUT2D eigenvalue weighted by Crippen LogP contribution is -2.32. The number of nitrogens with one attached hydrogen (secondary N) is 1. The average molecular weight is 454 g/mol. The van der Waals surface area contributed by atoms with E-state index in [1.807, 2.05) is 81.3 Å². The van der Waals surface area contributed by atoms with Crippen molar-refractivity contribution in [2.75, 3.05) is 31.5 Å². The first-order chi connectivity index (χ1) is 14.3. The van der Waals surface area contributed by atoms with Gasteiger partial charge in [0.15, 0.2) is 0 Å². The highest BCUT2D eigenvalue weighted by molar-refractivity contribution is 7.65. The molecule has 0 atom stereocenters. The van der Waals surface area contributed by atoms with E-state index in [9.17, 15) is 9.36 Å². The first-order valence-electron chi connectivity index (χ1n) is 10.3. The third kappa shape index (κ3) is 4.45. The zero-order chi connectivity index (χ0) is 22.5. The second kappa shape index (κ2) is 10.5. The lowest BCUT2D eigenvalue weighted by atomic mass is 10.3. The van der Waals surface area contributed by atoms with E-state index in [0.717, 1.165) is 11.4 Å². The zero-order valence-electron chi connectivity index (χ0n) is 18.7. The molecule has 1 N–H and O–H groups in total. The zero-order valence-corrected chi connectivity index (χ0v) is 20.4. The second-order valence-electron chi connectivity index (χ2n) is 6.87. The monoisotopic (exact) mass is 453 g/mol. The van der Waals surface area contributed by atoms with Crippen LogP contribution in [0.5, 0.6) is 0 Å². The molecule has 1 heterocycles. The van der Waals surface area contributed by atoms with Crippen LogP contribution in [0.25, 0.3) is 5.69 Å². The van der Waals surface area contributed by atoms with Gasteiger partial charge >= 0.3 is 0 Å². The minimum Gasteiger partial charge on any atom is -0.354 e. The number of hydrogen-bond donors (Lipinski definition) is 1. The summed E-state index contributed by atoms with van der Waals surface area (Å²) in [5, 5.41) is 3.05. The van der Waals surface area contributed by atoms with Crippen molar-refractivity contribution in [1.82, 2.24) is 18.7 Å². The third-order valence-electron chi connectivity index (χ3n) is 5.39. The van der Waals surface area contributed by atoms with E-state index in [1.54, 1.807) is 9.36 Å². The van der Waals surface area contributed by atoms with Gasteiger partial charge in [0.25, 0.3) is 13.0 Å². The molecule has 7 nitrogen and oxygen atoms in total. The smallest absolute Gasteiger partial charge is 0.295 e. The molecule has 0 fully saturated rings. The predicted molar refractivity (Wildman–Crippen MR) is 127 cm³/mol. The Morgan fingerprint density at radius 3 is 2.03 bits per heavy atom. The highest BCUT2D eigenvalue weighted by atomic mass is 35.5. The minimum absolute atomic E-state index is 0.192. The lowest BCUT2D eigenvalue weighted by Gasteiger charge is -2.37. The largest absolute Gasteiger partial charge is 0.354 e.